The predicted octanol–water partition coefficient (Wildman–Crippen LogP) is 4.97. The summed E-state index contributed by atoms with van der Waals surface area (Å²) in [4.78, 5) is 15.3. The SMILES string of the molecule is CCOC1OC(C(=O)N(C)C2CCCCC2)=CC(c2coc3ccccc23)C1CCCO. The van der Waals surface area contributed by atoms with Crippen LogP contribution in [-0.4, -0.2) is 48.5 Å². The summed E-state index contributed by atoms with van der Waals surface area (Å²) >= 11 is 0. The Morgan fingerprint density at radius 2 is 2.00 bits per heavy atom. The third-order valence-corrected chi connectivity index (χ3v) is 6.94. The maximum absolute atomic E-state index is 13.5. The van der Waals surface area contributed by atoms with Crippen molar-refractivity contribution in [3.05, 3.63) is 47.9 Å². The van der Waals surface area contributed by atoms with Crippen LogP contribution in [0.25, 0.3) is 11.0 Å². The molecule has 2 heterocycles. The van der Waals surface area contributed by atoms with E-state index in [1.54, 1.807) is 6.26 Å². The average molecular weight is 442 g/mol. The van der Waals surface area contributed by atoms with Crippen molar-refractivity contribution in [3.63, 3.8) is 0 Å². The van der Waals surface area contributed by atoms with E-state index in [1.165, 1.54) is 6.42 Å². The van der Waals surface area contributed by atoms with Gasteiger partial charge in [-0.15, -0.1) is 0 Å². The van der Waals surface area contributed by atoms with Crippen LogP contribution in [0.4, 0.5) is 0 Å². The van der Waals surface area contributed by atoms with E-state index >= 15 is 0 Å². The van der Waals surface area contributed by atoms with Crippen LogP contribution in [0.3, 0.4) is 0 Å². The molecule has 1 N–H and O–H groups in total. The van der Waals surface area contributed by atoms with Crippen molar-refractivity contribution in [1.29, 1.82) is 0 Å². The topological polar surface area (TPSA) is 72.1 Å². The second-order valence-corrected chi connectivity index (χ2v) is 8.92. The number of aliphatic hydroxyl groups is 1. The number of amides is 1. The minimum absolute atomic E-state index is 0.0281. The minimum atomic E-state index is -0.547. The molecule has 174 valence electrons. The number of likely N-dealkylation sites (N-methyl/N-ethyl adjacent to an activating group) is 1. The number of aliphatic hydroxyl groups excluding tert-OH is 1. The lowest BCUT2D eigenvalue weighted by atomic mass is 9.80. The molecule has 0 spiro atoms. The van der Waals surface area contributed by atoms with Gasteiger partial charge in [-0.25, -0.2) is 0 Å². The highest BCUT2D eigenvalue weighted by molar-refractivity contribution is 5.92. The Morgan fingerprint density at radius 3 is 2.75 bits per heavy atom. The van der Waals surface area contributed by atoms with Gasteiger partial charge in [-0.2, -0.15) is 0 Å². The Bertz CT molecular complexity index is 929. The fourth-order valence-corrected chi connectivity index (χ4v) is 5.18. The number of hydrogen-bond acceptors (Lipinski definition) is 5. The lowest BCUT2D eigenvalue weighted by Crippen LogP contribution is -2.43. The van der Waals surface area contributed by atoms with E-state index in [9.17, 15) is 9.90 Å². The van der Waals surface area contributed by atoms with Gasteiger partial charge < -0.3 is 23.9 Å². The third-order valence-electron chi connectivity index (χ3n) is 6.94. The number of carbonyl (C=O) groups is 1. The van der Waals surface area contributed by atoms with Gasteiger partial charge in [0.2, 0.25) is 6.29 Å². The molecule has 3 unspecified atom stereocenters. The number of carbonyl (C=O) groups excluding carboxylic acids is 1. The van der Waals surface area contributed by atoms with Gasteiger partial charge >= 0.3 is 0 Å². The molecule has 3 atom stereocenters. The van der Waals surface area contributed by atoms with Gasteiger partial charge in [0.1, 0.15) is 5.58 Å². The van der Waals surface area contributed by atoms with Crippen LogP contribution in [0.5, 0.6) is 0 Å². The number of fused-ring (bicyclic) bond motifs is 1. The van der Waals surface area contributed by atoms with Gasteiger partial charge in [-0.05, 0) is 44.7 Å². The summed E-state index contributed by atoms with van der Waals surface area (Å²) in [7, 11) is 1.89. The summed E-state index contributed by atoms with van der Waals surface area (Å²) in [5, 5.41) is 10.5. The Labute approximate surface area is 190 Å². The van der Waals surface area contributed by atoms with Gasteiger partial charge in [-0.3, -0.25) is 4.79 Å². The summed E-state index contributed by atoms with van der Waals surface area (Å²) in [6.45, 7) is 2.52. The van der Waals surface area contributed by atoms with Crippen LogP contribution >= 0.6 is 0 Å². The van der Waals surface area contributed by atoms with Gasteiger partial charge in [0, 0.05) is 49.1 Å². The lowest BCUT2D eigenvalue weighted by molar-refractivity contribution is -0.170. The number of allylic oxidation sites excluding steroid dienone is 1. The number of para-hydroxylation sites is 1. The molecule has 6 heteroatoms. The van der Waals surface area contributed by atoms with E-state index in [0.29, 0.717) is 18.8 Å². The maximum Gasteiger partial charge on any atom is 0.288 e. The Balaban J connectivity index is 1.70. The molecule has 1 fully saturated rings. The van der Waals surface area contributed by atoms with Crippen LogP contribution in [0.2, 0.25) is 0 Å². The molecule has 2 aromatic rings. The van der Waals surface area contributed by atoms with Gasteiger partial charge in [0.05, 0.1) is 6.26 Å². The Hall–Kier alpha value is -2.31. The fraction of sp³-hybridized carbons (Fsp3) is 0.577. The number of furan rings is 1. The van der Waals surface area contributed by atoms with Crippen LogP contribution in [0, 0.1) is 5.92 Å². The minimum Gasteiger partial charge on any atom is -0.464 e. The van der Waals surface area contributed by atoms with E-state index in [0.717, 1.165) is 48.6 Å². The Kier molecular flexibility index (Phi) is 7.53. The highest BCUT2D eigenvalue weighted by Crippen LogP contribution is 2.42. The van der Waals surface area contributed by atoms with Crippen molar-refractivity contribution >= 4 is 16.9 Å². The first-order valence-corrected chi connectivity index (χ1v) is 12.0. The molecule has 1 aromatic carbocycles. The lowest BCUT2D eigenvalue weighted by Gasteiger charge is -2.38. The van der Waals surface area contributed by atoms with Gasteiger partial charge in [0.15, 0.2) is 5.76 Å². The summed E-state index contributed by atoms with van der Waals surface area (Å²) in [5.41, 5.74) is 1.85. The van der Waals surface area contributed by atoms with Gasteiger partial charge in [0.25, 0.3) is 5.91 Å². The molecule has 1 aliphatic carbocycles. The standard InChI is InChI=1S/C26H35NO5/c1-3-30-26-20(13-9-15-28)21(22-17-31-23-14-8-7-12-19(22)23)16-24(32-26)25(29)27(2)18-10-5-4-6-11-18/h7-8,12,14,16-18,20-21,26,28H,3-6,9-11,13,15H2,1-2H3. The first-order chi connectivity index (χ1) is 15.6. The second-order valence-electron chi connectivity index (χ2n) is 8.92. The average Bonchev–Trinajstić information content (AvgIpc) is 3.26. The largest absolute Gasteiger partial charge is 0.464 e. The first kappa shape index (κ1) is 22.9. The highest BCUT2D eigenvalue weighted by atomic mass is 16.7. The van der Waals surface area contributed by atoms with E-state index in [4.69, 9.17) is 13.9 Å². The zero-order chi connectivity index (χ0) is 22.5. The normalized spacial score (nSPS) is 24.2. The summed E-state index contributed by atoms with van der Waals surface area (Å²) in [6, 6.07) is 8.21. The van der Waals surface area contributed by atoms with Crippen molar-refractivity contribution < 1.29 is 23.8 Å². The number of hydrogen-bond donors (Lipinski definition) is 1. The molecule has 0 radical (unpaired) electrons. The molecular weight excluding hydrogens is 406 g/mol. The smallest absolute Gasteiger partial charge is 0.288 e. The van der Waals surface area contributed by atoms with Crippen LogP contribution in [0.15, 0.2) is 46.8 Å². The van der Waals surface area contributed by atoms with Crippen LogP contribution in [0.1, 0.15) is 63.4 Å². The molecule has 1 amide bonds. The monoisotopic (exact) mass is 441 g/mol. The number of nitrogens with zero attached hydrogens (tertiary/aromatic N) is 1. The molecule has 6 nitrogen and oxygen atoms in total. The van der Waals surface area contributed by atoms with Crippen molar-refractivity contribution in [2.75, 3.05) is 20.3 Å². The zero-order valence-corrected chi connectivity index (χ0v) is 19.2. The Morgan fingerprint density at radius 1 is 1.22 bits per heavy atom. The molecule has 1 aromatic heterocycles. The van der Waals surface area contributed by atoms with Crippen molar-refractivity contribution in [3.8, 4) is 0 Å². The third kappa shape index (κ3) is 4.71. The first-order valence-electron chi connectivity index (χ1n) is 12.0. The number of benzene rings is 1. The molecule has 1 saturated carbocycles. The van der Waals surface area contributed by atoms with E-state index in [1.807, 2.05) is 49.2 Å². The van der Waals surface area contributed by atoms with E-state index in [-0.39, 0.29) is 30.4 Å². The molecule has 0 bridgehead atoms. The maximum atomic E-state index is 13.5. The summed E-state index contributed by atoms with van der Waals surface area (Å²) < 4.78 is 18.0. The number of rotatable bonds is 8. The van der Waals surface area contributed by atoms with Crippen LogP contribution in [-0.2, 0) is 14.3 Å². The molecule has 4 rings (SSSR count). The molecular formula is C26H35NO5. The predicted molar refractivity (Wildman–Crippen MR) is 123 cm³/mol. The zero-order valence-electron chi connectivity index (χ0n) is 19.2. The molecule has 0 saturated heterocycles. The molecule has 2 aliphatic rings. The van der Waals surface area contributed by atoms with Crippen molar-refractivity contribution in [2.45, 2.75) is 70.1 Å². The highest BCUT2D eigenvalue weighted by Gasteiger charge is 2.40. The summed E-state index contributed by atoms with van der Waals surface area (Å²) in [5.74, 6) is 0.140. The van der Waals surface area contributed by atoms with Crippen molar-refractivity contribution in [2.24, 2.45) is 5.92 Å². The quantitative estimate of drug-likeness (QED) is 0.626. The fourth-order valence-electron chi connectivity index (χ4n) is 5.18. The van der Waals surface area contributed by atoms with Crippen LogP contribution < -0.4 is 0 Å². The van der Waals surface area contributed by atoms with Gasteiger partial charge in [-0.1, -0.05) is 37.5 Å². The van der Waals surface area contributed by atoms with E-state index < -0.39 is 6.29 Å². The second kappa shape index (κ2) is 10.5. The molecule has 1 aliphatic heterocycles. The van der Waals surface area contributed by atoms with E-state index in [2.05, 4.69) is 0 Å². The summed E-state index contributed by atoms with van der Waals surface area (Å²) in [6.07, 6.45) is 10.2. The molecule has 32 heavy (non-hydrogen) atoms. The number of ether oxygens (including phenoxy) is 2. The van der Waals surface area contributed by atoms with Crippen molar-refractivity contribution in [1.82, 2.24) is 4.90 Å².